The van der Waals surface area contributed by atoms with Gasteiger partial charge < -0.3 is 10.2 Å². The molecule has 0 unspecified atom stereocenters. The van der Waals surface area contributed by atoms with Gasteiger partial charge in [-0.3, -0.25) is 19.7 Å². The van der Waals surface area contributed by atoms with Gasteiger partial charge in [0.1, 0.15) is 5.02 Å². The summed E-state index contributed by atoms with van der Waals surface area (Å²) < 4.78 is 0. The number of amides is 2. The Balaban J connectivity index is 1.87. The minimum Gasteiger partial charge on any atom is -0.322 e. The number of rotatable bonds is 4. The topological polar surface area (TPSA) is 92.6 Å². The third kappa shape index (κ3) is 3.99. The fraction of sp³-hybridized carbons (Fsp3) is 0.300. The molecule has 146 valence electrons. The summed E-state index contributed by atoms with van der Waals surface area (Å²) in [6.45, 7) is 4.36. The molecule has 7 nitrogen and oxygen atoms in total. The van der Waals surface area contributed by atoms with Gasteiger partial charge in [-0.25, -0.2) is 0 Å². The molecule has 1 aliphatic rings. The van der Waals surface area contributed by atoms with Gasteiger partial charge in [0, 0.05) is 35.5 Å². The van der Waals surface area contributed by atoms with Crippen LogP contribution < -0.4 is 10.2 Å². The van der Waals surface area contributed by atoms with Gasteiger partial charge in [-0.05, 0) is 42.7 Å². The first-order valence-corrected chi connectivity index (χ1v) is 9.35. The van der Waals surface area contributed by atoms with E-state index in [4.69, 9.17) is 11.6 Å². The third-order valence-corrected chi connectivity index (χ3v) is 4.95. The van der Waals surface area contributed by atoms with Crippen LogP contribution in [0.2, 0.25) is 5.02 Å². The molecule has 8 heteroatoms. The van der Waals surface area contributed by atoms with Crippen molar-refractivity contribution in [1.29, 1.82) is 0 Å². The lowest BCUT2D eigenvalue weighted by molar-refractivity contribution is -0.384. The van der Waals surface area contributed by atoms with Crippen molar-refractivity contribution in [1.82, 2.24) is 0 Å². The number of hydrogen-bond acceptors (Lipinski definition) is 4. The van der Waals surface area contributed by atoms with Crippen molar-refractivity contribution in [2.24, 2.45) is 5.92 Å². The standard InChI is InChI=1S/C20H20ClN3O4/c1-12(2)20(26)23-9-3-4-13-5-7-15(11-17(13)23)22-19(25)14-6-8-16(21)18(10-14)24(27)28/h5-8,10-12H,3-4,9H2,1-2H3,(H,22,25). The van der Waals surface area contributed by atoms with Crippen molar-refractivity contribution in [3.05, 3.63) is 62.7 Å². The van der Waals surface area contributed by atoms with Crippen LogP contribution in [0.4, 0.5) is 17.1 Å². The van der Waals surface area contributed by atoms with Crippen LogP contribution in [0, 0.1) is 16.0 Å². The number of nitro groups is 1. The first-order valence-electron chi connectivity index (χ1n) is 8.97. The predicted molar refractivity (Wildman–Crippen MR) is 108 cm³/mol. The van der Waals surface area contributed by atoms with E-state index < -0.39 is 10.8 Å². The van der Waals surface area contributed by atoms with Crippen molar-refractivity contribution in [3.8, 4) is 0 Å². The number of carbonyl (C=O) groups excluding carboxylic acids is 2. The van der Waals surface area contributed by atoms with Gasteiger partial charge >= 0.3 is 0 Å². The largest absolute Gasteiger partial charge is 0.322 e. The Morgan fingerprint density at radius 2 is 1.96 bits per heavy atom. The molecule has 0 aromatic heterocycles. The minimum absolute atomic E-state index is 0.0295. The fourth-order valence-corrected chi connectivity index (χ4v) is 3.38. The zero-order valence-corrected chi connectivity index (χ0v) is 16.3. The van der Waals surface area contributed by atoms with Crippen LogP contribution in [-0.2, 0) is 11.2 Å². The third-order valence-electron chi connectivity index (χ3n) is 4.63. The summed E-state index contributed by atoms with van der Waals surface area (Å²) in [7, 11) is 0. The van der Waals surface area contributed by atoms with E-state index in [-0.39, 0.29) is 28.1 Å². The van der Waals surface area contributed by atoms with Crippen molar-refractivity contribution < 1.29 is 14.5 Å². The lowest BCUT2D eigenvalue weighted by Gasteiger charge is -2.31. The molecule has 0 fully saturated rings. The van der Waals surface area contributed by atoms with E-state index in [0.29, 0.717) is 12.2 Å². The second-order valence-corrected chi connectivity index (χ2v) is 7.38. The quantitative estimate of drug-likeness (QED) is 0.605. The van der Waals surface area contributed by atoms with Crippen LogP contribution in [0.1, 0.15) is 36.2 Å². The number of halogens is 1. The molecule has 0 bridgehead atoms. The smallest absolute Gasteiger partial charge is 0.288 e. The molecule has 0 spiro atoms. The molecule has 0 aliphatic carbocycles. The molecule has 0 saturated carbocycles. The first kappa shape index (κ1) is 19.8. The number of fused-ring (bicyclic) bond motifs is 1. The fourth-order valence-electron chi connectivity index (χ4n) is 3.19. The lowest BCUT2D eigenvalue weighted by Crippen LogP contribution is -2.38. The molecule has 3 rings (SSSR count). The molecule has 28 heavy (non-hydrogen) atoms. The summed E-state index contributed by atoms with van der Waals surface area (Å²) in [5.41, 5.74) is 2.17. The van der Waals surface area contributed by atoms with Gasteiger partial charge in [0.15, 0.2) is 0 Å². The summed E-state index contributed by atoms with van der Waals surface area (Å²) in [6, 6.07) is 9.34. The van der Waals surface area contributed by atoms with Gasteiger partial charge in [0.25, 0.3) is 11.6 Å². The Morgan fingerprint density at radius 3 is 2.64 bits per heavy atom. The van der Waals surface area contributed by atoms with E-state index >= 15 is 0 Å². The maximum absolute atomic E-state index is 12.5. The van der Waals surface area contributed by atoms with E-state index in [9.17, 15) is 19.7 Å². The van der Waals surface area contributed by atoms with E-state index in [1.807, 2.05) is 19.9 Å². The van der Waals surface area contributed by atoms with Gasteiger partial charge in [0.05, 0.1) is 4.92 Å². The molecule has 2 aromatic carbocycles. The Bertz CT molecular complexity index is 958. The van der Waals surface area contributed by atoms with E-state index in [1.165, 1.54) is 12.1 Å². The van der Waals surface area contributed by atoms with Gasteiger partial charge in [-0.15, -0.1) is 0 Å². The summed E-state index contributed by atoms with van der Waals surface area (Å²) in [5.74, 6) is -0.575. The molecule has 1 aliphatic heterocycles. The van der Waals surface area contributed by atoms with Crippen LogP contribution >= 0.6 is 11.6 Å². The summed E-state index contributed by atoms with van der Waals surface area (Å²) in [6.07, 6.45) is 1.76. The maximum atomic E-state index is 12.5. The van der Waals surface area contributed by atoms with E-state index in [2.05, 4.69) is 5.32 Å². The van der Waals surface area contributed by atoms with Crippen LogP contribution in [-0.4, -0.2) is 23.3 Å². The highest BCUT2D eigenvalue weighted by atomic mass is 35.5. The average Bonchev–Trinajstić information content (AvgIpc) is 2.66. The average molecular weight is 402 g/mol. The number of carbonyl (C=O) groups is 2. The zero-order chi connectivity index (χ0) is 20.4. The van der Waals surface area contributed by atoms with Crippen molar-refractivity contribution in [2.45, 2.75) is 26.7 Å². The van der Waals surface area contributed by atoms with Crippen molar-refractivity contribution in [2.75, 3.05) is 16.8 Å². The van der Waals surface area contributed by atoms with E-state index in [1.54, 1.807) is 17.0 Å². The first-order chi connectivity index (χ1) is 13.3. The Labute approximate surface area is 167 Å². The van der Waals surface area contributed by atoms with Gasteiger partial charge in [-0.2, -0.15) is 0 Å². The number of benzene rings is 2. The van der Waals surface area contributed by atoms with Crippen LogP contribution in [0.15, 0.2) is 36.4 Å². The lowest BCUT2D eigenvalue weighted by atomic mass is 9.99. The highest BCUT2D eigenvalue weighted by Gasteiger charge is 2.25. The molecule has 1 N–H and O–H groups in total. The summed E-state index contributed by atoms with van der Waals surface area (Å²) in [4.78, 5) is 37.2. The SMILES string of the molecule is CC(C)C(=O)N1CCCc2ccc(NC(=O)c3ccc(Cl)c([N+](=O)[O-])c3)cc21. The molecule has 0 radical (unpaired) electrons. The van der Waals surface area contributed by atoms with E-state index in [0.717, 1.165) is 30.2 Å². The maximum Gasteiger partial charge on any atom is 0.288 e. The molecule has 0 atom stereocenters. The second kappa shape index (κ2) is 7.98. The highest BCUT2D eigenvalue weighted by molar-refractivity contribution is 6.32. The predicted octanol–water partition coefficient (Wildman–Crippen LogP) is 4.44. The molecule has 2 aromatic rings. The second-order valence-electron chi connectivity index (χ2n) is 6.97. The number of anilines is 2. The Kier molecular flexibility index (Phi) is 5.65. The number of nitro benzene ring substituents is 1. The molecule has 2 amide bonds. The minimum atomic E-state index is -0.632. The normalized spacial score (nSPS) is 13.2. The summed E-state index contributed by atoms with van der Waals surface area (Å²) >= 11 is 5.80. The van der Waals surface area contributed by atoms with Crippen LogP contribution in [0.3, 0.4) is 0 Å². The van der Waals surface area contributed by atoms with Gasteiger partial charge in [-0.1, -0.05) is 31.5 Å². The molecular weight excluding hydrogens is 382 g/mol. The van der Waals surface area contributed by atoms with Crippen LogP contribution in [0.25, 0.3) is 0 Å². The van der Waals surface area contributed by atoms with Crippen LogP contribution in [0.5, 0.6) is 0 Å². The van der Waals surface area contributed by atoms with Crippen molar-refractivity contribution >= 4 is 40.5 Å². The Morgan fingerprint density at radius 1 is 1.21 bits per heavy atom. The monoisotopic (exact) mass is 401 g/mol. The molecular formula is C20H20ClN3O4. The number of nitrogens with zero attached hydrogens (tertiary/aromatic N) is 2. The zero-order valence-electron chi connectivity index (χ0n) is 15.6. The molecule has 0 saturated heterocycles. The van der Waals surface area contributed by atoms with Crippen molar-refractivity contribution in [3.63, 3.8) is 0 Å². The van der Waals surface area contributed by atoms with Gasteiger partial charge in [0.2, 0.25) is 5.91 Å². The Hall–Kier alpha value is -2.93. The number of hydrogen-bond donors (Lipinski definition) is 1. The summed E-state index contributed by atoms with van der Waals surface area (Å²) in [5, 5.41) is 13.7. The molecule has 1 heterocycles. The number of nitrogens with one attached hydrogen (secondary N) is 1. The number of aryl methyl sites for hydroxylation is 1. The highest BCUT2D eigenvalue weighted by Crippen LogP contribution is 2.32.